The fourth-order valence-corrected chi connectivity index (χ4v) is 1.55. The summed E-state index contributed by atoms with van der Waals surface area (Å²) < 4.78 is 5.66. The normalized spacial score (nSPS) is 9.88. The van der Waals surface area contributed by atoms with Crippen LogP contribution in [-0.2, 0) is 6.61 Å². The average molecular weight is 226 g/mol. The molecule has 0 amide bonds. The molecule has 2 aromatic rings. The van der Waals surface area contributed by atoms with Crippen LogP contribution in [0.2, 0.25) is 0 Å². The second-order valence-corrected chi connectivity index (χ2v) is 3.68. The Morgan fingerprint density at radius 3 is 2.35 bits per heavy atom. The Morgan fingerprint density at radius 2 is 1.65 bits per heavy atom. The highest BCUT2D eigenvalue weighted by Gasteiger charge is 2.05. The summed E-state index contributed by atoms with van der Waals surface area (Å²) in [5.74, 6) is 0.664. The van der Waals surface area contributed by atoms with E-state index in [1.807, 2.05) is 48.5 Å². The molecule has 0 aliphatic rings. The summed E-state index contributed by atoms with van der Waals surface area (Å²) in [6, 6.07) is 17.2. The van der Waals surface area contributed by atoms with Crippen LogP contribution in [0.1, 0.15) is 11.1 Å². The van der Waals surface area contributed by atoms with Gasteiger partial charge >= 0.3 is 0 Å². The van der Waals surface area contributed by atoms with Crippen LogP contribution in [0.5, 0.6) is 5.75 Å². The quantitative estimate of drug-likeness (QED) is 0.621. The molecule has 3 N–H and O–H groups in total. The summed E-state index contributed by atoms with van der Waals surface area (Å²) in [7, 11) is 0. The number of para-hydroxylation sites is 1. The Kier molecular flexibility index (Phi) is 3.40. The first-order chi connectivity index (χ1) is 8.27. The Labute approximate surface area is 100 Å². The lowest BCUT2D eigenvalue weighted by atomic mass is 10.2. The molecule has 0 aromatic heterocycles. The highest BCUT2D eigenvalue weighted by Crippen LogP contribution is 2.18. The number of nitrogens with one attached hydrogen (secondary N) is 1. The first kappa shape index (κ1) is 11.2. The zero-order valence-corrected chi connectivity index (χ0v) is 9.39. The van der Waals surface area contributed by atoms with Gasteiger partial charge in [-0.2, -0.15) is 0 Å². The maximum atomic E-state index is 7.46. The first-order valence-electron chi connectivity index (χ1n) is 5.37. The third-order valence-electron chi connectivity index (χ3n) is 2.41. The van der Waals surface area contributed by atoms with E-state index in [1.54, 1.807) is 6.07 Å². The minimum Gasteiger partial charge on any atom is -0.488 e. The zero-order chi connectivity index (χ0) is 12.1. The van der Waals surface area contributed by atoms with Crippen LogP contribution in [0.15, 0.2) is 54.6 Å². The molecule has 0 fully saturated rings. The van der Waals surface area contributed by atoms with Crippen LogP contribution < -0.4 is 10.5 Å². The van der Waals surface area contributed by atoms with Gasteiger partial charge in [-0.1, -0.05) is 42.5 Å². The second kappa shape index (κ2) is 5.16. The molecule has 2 aromatic carbocycles. The number of rotatable bonds is 4. The van der Waals surface area contributed by atoms with Gasteiger partial charge in [0.05, 0.1) is 5.56 Å². The molecule has 0 saturated heterocycles. The van der Waals surface area contributed by atoms with Gasteiger partial charge in [0.15, 0.2) is 0 Å². The van der Waals surface area contributed by atoms with Crippen molar-refractivity contribution in [2.24, 2.45) is 5.73 Å². The lowest BCUT2D eigenvalue weighted by Gasteiger charge is -2.10. The first-order valence-corrected chi connectivity index (χ1v) is 5.37. The van der Waals surface area contributed by atoms with Gasteiger partial charge in [0.1, 0.15) is 18.2 Å². The van der Waals surface area contributed by atoms with Crippen molar-refractivity contribution in [1.29, 1.82) is 5.41 Å². The monoisotopic (exact) mass is 226 g/mol. The summed E-state index contributed by atoms with van der Waals surface area (Å²) >= 11 is 0. The summed E-state index contributed by atoms with van der Waals surface area (Å²) in [6.07, 6.45) is 0. The van der Waals surface area contributed by atoms with E-state index in [0.717, 1.165) is 5.56 Å². The molecule has 0 aliphatic carbocycles. The van der Waals surface area contributed by atoms with Crippen LogP contribution in [-0.4, -0.2) is 5.84 Å². The van der Waals surface area contributed by atoms with Crippen molar-refractivity contribution < 1.29 is 4.74 Å². The van der Waals surface area contributed by atoms with Crippen molar-refractivity contribution in [2.45, 2.75) is 6.61 Å². The molecule has 17 heavy (non-hydrogen) atoms. The van der Waals surface area contributed by atoms with Crippen molar-refractivity contribution >= 4 is 5.84 Å². The summed E-state index contributed by atoms with van der Waals surface area (Å²) in [6.45, 7) is 0.477. The Hall–Kier alpha value is -2.29. The molecule has 0 bridgehead atoms. The smallest absolute Gasteiger partial charge is 0.130 e. The molecule has 0 atom stereocenters. The van der Waals surface area contributed by atoms with Gasteiger partial charge in [-0.15, -0.1) is 0 Å². The highest BCUT2D eigenvalue weighted by molar-refractivity contribution is 5.97. The molecule has 3 nitrogen and oxygen atoms in total. The maximum absolute atomic E-state index is 7.46. The Balaban J connectivity index is 2.12. The molecule has 0 unspecified atom stereocenters. The summed E-state index contributed by atoms with van der Waals surface area (Å²) in [4.78, 5) is 0. The van der Waals surface area contributed by atoms with Gasteiger partial charge in [-0.3, -0.25) is 5.41 Å². The number of hydrogen-bond acceptors (Lipinski definition) is 2. The molecule has 3 heteroatoms. The molecule has 2 rings (SSSR count). The predicted molar refractivity (Wildman–Crippen MR) is 68.2 cm³/mol. The molecule has 0 aliphatic heterocycles. The number of nitrogens with two attached hydrogens (primary N) is 1. The van der Waals surface area contributed by atoms with E-state index in [1.165, 1.54) is 0 Å². The number of nitrogen functional groups attached to an aromatic ring is 1. The van der Waals surface area contributed by atoms with Crippen molar-refractivity contribution in [1.82, 2.24) is 0 Å². The zero-order valence-electron chi connectivity index (χ0n) is 9.39. The largest absolute Gasteiger partial charge is 0.488 e. The lowest BCUT2D eigenvalue weighted by molar-refractivity contribution is 0.305. The number of benzene rings is 2. The van der Waals surface area contributed by atoms with Gasteiger partial charge in [-0.25, -0.2) is 0 Å². The molecule has 86 valence electrons. The van der Waals surface area contributed by atoms with E-state index >= 15 is 0 Å². The topological polar surface area (TPSA) is 59.1 Å². The number of ether oxygens (including phenoxy) is 1. The molecule has 0 heterocycles. The van der Waals surface area contributed by atoms with Crippen molar-refractivity contribution in [3.63, 3.8) is 0 Å². The van der Waals surface area contributed by atoms with E-state index in [9.17, 15) is 0 Å². The average Bonchev–Trinajstić information content (AvgIpc) is 2.38. The molecule has 0 spiro atoms. The highest BCUT2D eigenvalue weighted by atomic mass is 16.5. The number of hydrogen-bond donors (Lipinski definition) is 2. The molecule has 0 saturated carbocycles. The van der Waals surface area contributed by atoms with Gasteiger partial charge < -0.3 is 10.5 Å². The minimum atomic E-state index is 0.0219. The lowest BCUT2D eigenvalue weighted by Crippen LogP contribution is -2.12. The third-order valence-corrected chi connectivity index (χ3v) is 2.41. The van der Waals surface area contributed by atoms with Crippen molar-refractivity contribution in [3.8, 4) is 5.75 Å². The van der Waals surface area contributed by atoms with Gasteiger partial charge in [0.2, 0.25) is 0 Å². The van der Waals surface area contributed by atoms with Crippen LogP contribution in [0, 0.1) is 5.41 Å². The van der Waals surface area contributed by atoms with E-state index in [4.69, 9.17) is 15.9 Å². The van der Waals surface area contributed by atoms with E-state index < -0.39 is 0 Å². The van der Waals surface area contributed by atoms with Crippen LogP contribution >= 0.6 is 0 Å². The van der Waals surface area contributed by atoms with Crippen LogP contribution in [0.25, 0.3) is 0 Å². The van der Waals surface area contributed by atoms with E-state index in [-0.39, 0.29) is 5.84 Å². The molecular weight excluding hydrogens is 212 g/mol. The Morgan fingerprint density at radius 1 is 1.00 bits per heavy atom. The second-order valence-electron chi connectivity index (χ2n) is 3.68. The van der Waals surface area contributed by atoms with E-state index in [0.29, 0.717) is 17.9 Å². The number of amidine groups is 1. The van der Waals surface area contributed by atoms with Gasteiger partial charge in [0.25, 0.3) is 0 Å². The van der Waals surface area contributed by atoms with Crippen LogP contribution in [0.3, 0.4) is 0 Å². The van der Waals surface area contributed by atoms with Gasteiger partial charge in [-0.05, 0) is 17.7 Å². The predicted octanol–water partition coefficient (Wildman–Crippen LogP) is 2.55. The maximum Gasteiger partial charge on any atom is 0.130 e. The Bertz CT molecular complexity index is 509. The summed E-state index contributed by atoms with van der Waals surface area (Å²) in [5.41, 5.74) is 7.20. The fraction of sp³-hybridized carbons (Fsp3) is 0.0714. The SMILES string of the molecule is N=C(N)c1ccccc1OCc1ccccc1. The summed E-state index contributed by atoms with van der Waals surface area (Å²) in [5, 5.41) is 7.46. The van der Waals surface area contributed by atoms with Crippen molar-refractivity contribution in [2.75, 3.05) is 0 Å². The standard InChI is InChI=1S/C14H14N2O/c15-14(16)12-8-4-5-9-13(12)17-10-11-6-2-1-3-7-11/h1-9H,10H2,(H3,15,16). The van der Waals surface area contributed by atoms with E-state index in [2.05, 4.69) is 0 Å². The third kappa shape index (κ3) is 2.84. The van der Waals surface area contributed by atoms with Gasteiger partial charge in [0, 0.05) is 0 Å². The van der Waals surface area contributed by atoms with Crippen molar-refractivity contribution in [3.05, 3.63) is 65.7 Å². The minimum absolute atomic E-state index is 0.0219. The molecule has 0 radical (unpaired) electrons. The van der Waals surface area contributed by atoms with Crippen LogP contribution in [0.4, 0.5) is 0 Å². The molecular formula is C14H14N2O. The fourth-order valence-electron chi connectivity index (χ4n) is 1.55.